The Morgan fingerprint density at radius 2 is 1.79 bits per heavy atom. The highest BCUT2D eigenvalue weighted by molar-refractivity contribution is 14.0. The van der Waals surface area contributed by atoms with Gasteiger partial charge >= 0.3 is 0 Å². The smallest absolute Gasteiger partial charge is 0.191 e. The fourth-order valence-electron chi connectivity index (χ4n) is 3.26. The summed E-state index contributed by atoms with van der Waals surface area (Å²) in [6.45, 7) is 5.18. The van der Waals surface area contributed by atoms with E-state index in [2.05, 4.69) is 44.8 Å². The molecule has 1 heterocycles. The maximum atomic E-state index is 13.1. The first-order valence-electron chi connectivity index (χ1n) is 9.86. The number of benzene rings is 2. The third-order valence-corrected chi connectivity index (χ3v) is 4.77. The summed E-state index contributed by atoms with van der Waals surface area (Å²) in [6, 6.07) is 14.9. The second kappa shape index (κ2) is 12.6. The predicted octanol–water partition coefficient (Wildman–Crippen LogP) is 3.78. The largest absolute Gasteiger partial charge is 0.492 e. The summed E-state index contributed by atoms with van der Waals surface area (Å²) in [5.41, 5.74) is 2.58. The van der Waals surface area contributed by atoms with Crippen LogP contribution in [0, 0.1) is 5.82 Å². The SMILES string of the molecule is CN=C(NCCOc1cccc(F)c1)NCc1ccc(CN2CCCC2)cc1.I. The summed E-state index contributed by atoms with van der Waals surface area (Å²) in [7, 11) is 1.74. The van der Waals surface area contributed by atoms with Gasteiger partial charge in [-0.25, -0.2) is 4.39 Å². The van der Waals surface area contributed by atoms with Crippen molar-refractivity contribution < 1.29 is 9.13 Å². The minimum absolute atomic E-state index is 0. The maximum absolute atomic E-state index is 13.1. The molecule has 3 rings (SSSR count). The Balaban J connectivity index is 0.00000300. The minimum atomic E-state index is -0.297. The van der Waals surface area contributed by atoms with Crippen LogP contribution in [0.2, 0.25) is 0 Å². The highest BCUT2D eigenvalue weighted by atomic mass is 127. The second-order valence-corrected chi connectivity index (χ2v) is 6.96. The third-order valence-electron chi connectivity index (χ3n) is 4.77. The number of aliphatic imine (C=N–C) groups is 1. The molecule has 158 valence electrons. The van der Waals surface area contributed by atoms with E-state index in [9.17, 15) is 4.39 Å². The average molecular weight is 512 g/mol. The average Bonchev–Trinajstić information content (AvgIpc) is 3.22. The van der Waals surface area contributed by atoms with Crippen LogP contribution in [0.4, 0.5) is 4.39 Å². The predicted molar refractivity (Wildman–Crippen MR) is 126 cm³/mol. The second-order valence-electron chi connectivity index (χ2n) is 6.96. The lowest BCUT2D eigenvalue weighted by Gasteiger charge is -2.15. The van der Waals surface area contributed by atoms with Crippen molar-refractivity contribution in [3.8, 4) is 5.75 Å². The van der Waals surface area contributed by atoms with Gasteiger partial charge in [-0.1, -0.05) is 30.3 Å². The molecule has 29 heavy (non-hydrogen) atoms. The van der Waals surface area contributed by atoms with E-state index in [4.69, 9.17) is 4.74 Å². The molecule has 0 bridgehead atoms. The number of rotatable bonds is 8. The first kappa shape index (κ1) is 23.4. The number of likely N-dealkylation sites (tertiary alicyclic amines) is 1. The normalized spacial score (nSPS) is 14.3. The van der Waals surface area contributed by atoms with Crippen LogP contribution in [0.25, 0.3) is 0 Å². The van der Waals surface area contributed by atoms with Gasteiger partial charge in [0, 0.05) is 26.2 Å². The van der Waals surface area contributed by atoms with Crippen molar-refractivity contribution in [2.75, 3.05) is 33.3 Å². The van der Waals surface area contributed by atoms with Gasteiger partial charge < -0.3 is 15.4 Å². The number of hydrogen-bond acceptors (Lipinski definition) is 3. The molecular formula is C22H30FIN4O. The van der Waals surface area contributed by atoms with Gasteiger partial charge in [0.05, 0.1) is 6.54 Å². The van der Waals surface area contributed by atoms with Gasteiger partial charge in [0.25, 0.3) is 0 Å². The van der Waals surface area contributed by atoms with Crippen LogP contribution in [0.1, 0.15) is 24.0 Å². The Hall–Kier alpha value is -1.87. The molecule has 0 unspecified atom stereocenters. The lowest BCUT2D eigenvalue weighted by Crippen LogP contribution is -2.38. The molecular weight excluding hydrogens is 482 g/mol. The molecule has 0 aromatic heterocycles. The molecule has 0 amide bonds. The van der Waals surface area contributed by atoms with Crippen molar-refractivity contribution in [3.05, 3.63) is 65.5 Å². The van der Waals surface area contributed by atoms with E-state index in [0.717, 1.165) is 6.54 Å². The van der Waals surface area contributed by atoms with Crippen LogP contribution in [0.3, 0.4) is 0 Å². The molecule has 0 saturated carbocycles. The highest BCUT2D eigenvalue weighted by Crippen LogP contribution is 2.13. The van der Waals surface area contributed by atoms with Crippen LogP contribution in [-0.2, 0) is 13.1 Å². The molecule has 1 fully saturated rings. The molecule has 2 aromatic carbocycles. The van der Waals surface area contributed by atoms with E-state index in [1.165, 1.54) is 49.2 Å². The maximum Gasteiger partial charge on any atom is 0.191 e. The molecule has 2 aromatic rings. The quantitative estimate of drug-likeness (QED) is 0.245. The van der Waals surface area contributed by atoms with Crippen molar-refractivity contribution in [1.82, 2.24) is 15.5 Å². The molecule has 0 aliphatic carbocycles. The molecule has 7 heteroatoms. The Kier molecular flexibility index (Phi) is 10.2. The summed E-state index contributed by atoms with van der Waals surface area (Å²) >= 11 is 0. The number of ether oxygens (including phenoxy) is 1. The Morgan fingerprint density at radius 3 is 2.48 bits per heavy atom. The van der Waals surface area contributed by atoms with Crippen molar-refractivity contribution >= 4 is 29.9 Å². The van der Waals surface area contributed by atoms with Crippen LogP contribution in [0.15, 0.2) is 53.5 Å². The fraction of sp³-hybridized carbons (Fsp3) is 0.409. The summed E-state index contributed by atoms with van der Waals surface area (Å²) in [5.74, 6) is 0.942. The molecule has 1 aliphatic rings. The Bertz CT molecular complexity index is 764. The van der Waals surface area contributed by atoms with Gasteiger partial charge in [0.15, 0.2) is 5.96 Å². The molecule has 1 aliphatic heterocycles. The van der Waals surface area contributed by atoms with Gasteiger partial charge in [0.1, 0.15) is 18.2 Å². The molecule has 2 N–H and O–H groups in total. The monoisotopic (exact) mass is 512 g/mol. The van der Waals surface area contributed by atoms with Crippen LogP contribution in [-0.4, -0.2) is 44.1 Å². The van der Waals surface area contributed by atoms with E-state index in [-0.39, 0.29) is 29.8 Å². The minimum Gasteiger partial charge on any atom is -0.492 e. The van der Waals surface area contributed by atoms with E-state index in [1.807, 2.05) is 0 Å². The number of halogens is 2. The summed E-state index contributed by atoms with van der Waals surface area (Å²) in [5, 5.41) is 6.50. The summed E-state index contributed by atoms with van der Waals surface area (Å²) < 4.78 is 18.6. The van der Waals surface area contributed by atoms with Crippen LogP contribution in [0.5, 0.6) is 5.75 Å². The molecule has 0 spiro atoms. The van der Waals surface area contributed by atoms with E-state index in [1.54, 1.807) is 19.2 Å². The fourth-order valence-corrected chi connectivity index (χ4v) is 3.26. The zero-order chi connectivity index (χ0) is 19.6. The van der Waals surface area contributed by atoms with Crippen LogP contribution >= 0.6 is 24.0 Å². The van der Waals surface area contributed by atoms with Gasteiger partial charge in [-0.3, -0.25) is 9.89 Å². The van der Waals surface area contributed by atoms with Gasteiger partial charge in [-0.05, 0) is 49.2 Å². The number of nitrogens with zero attached hydrogens (tertiary/aromatic N) is 2. The van der Waals surface area contributed by atoms with E-state index < -0.39 is 0 Å². The lowest BCUT2D eigenvalue weighted by atomic mass is 10.1. The zero-order valence-electron chi connectivity index (χ0n) is 16.9. The molecule has 0 atom stereocenters. The van der Waals surface area contributed by atoms with Crippen LogP contribution < -0.4 is 15.4 Å². The topological polar surface area (TPSA) is 48.9 Å². The van der Waals surface area contributed by atoms with E-state index in [0.29, 0.717) is 31.4 Å². The van der Waals surface area contributed by atoms with Gasteiger partial charge in [0.2, 0.25) is 0 Å². The number of hydrogen-bond donors (Lipinski definition) is 2. The van der Waals surface area contributed by atoms with Crippen molar-refractivity contribution in [1.29, 1.82) is 0 Å². The van der Waals surface area contributed by atoms with Crippen molar-refractivity contribution in [3.63, 3.8) is 0 Å². The van der Waals surface area contributed by atoms with Gasteiger partial charge in [-0.2, -0.15) is 0 Å². The third kappa shape index (κ3) is 8.18. The first-order chi connectivity index (χ1) is 13.7. The Labute approximate surface area is 189 Å². The number of nitrogens with one attached hydrogen (secondary N) is 2. The highest BCUT2D eigenvalue weighted by Gasteiger charge is 2.11. The molecule has 0 radical (unpaired) electrons. The standard InChI is InChI=1S/C22H29FN4O.HI/c1-24-22(25-11-14-28-21-6-4-5-20(23)15-21)26-16-18-7-9-19(10-8-18)17-27-12-2-3-13-27;/h4-10,15H,2-3,11-14,16-17H2,1H3,(H2,24,25,26);1H. The zero-order valence-corrected chi connectivity index (χ0v) is 19.2. The Morgan fingerprint density at radius 1 is 1.07 bits per heavy atom. The summed E-state index contributed by atoms with van der Waals surface area (Å²) in [4.78, 5) is 6.72. The molecule has 1 saturated heterocycles. The van der Waals surface area contributed by atoms with Gasteiger partial charge in [-0.15, -0.1) is 24.0 Å². The van der Waals surface area contributed by atoms with Crippen molar-refractivity contribution in [2.24, 2.45) is 4.99 Å². The van der Waals surface area contributed by atoms with Crippen molar-refractivity contribution in [2.45, 2.75) is 25.9 Å². The first-order valence-corrected chi connectivity index (χ1v) is 9.86. The van der Waals surface area contributed by atoms with E-state index >= 15 is 0 Å². The molecule has 5 nitrogen and oxygen atoms in total. The number of guanidine groups is 1. The summed E-state index contributed by atoms with van der Waals surface area (Å²) in [6.07, 6.45) is 2.64. The lowest BCUT2D eigenvalue weighted by molar-refractivity contribution is 0.320.